The number of hydrogen-bond acceptors (Lipinski definition) is 5. The van der Waals surface area contributed by atoms with Gasteiger partial charge in [0.05, 0.1) is 24.7 Å². The van der Waals surface area contributed by atoms with Crippen LogP contribution in [0.15, 0.2) is 29.3 Å². The van der Waals surface area contributed by atoms with E-state index in [1.807, 2.05) is 0 Å². The maximum Gasteiger partial charge on any atom is 0.269 e. The van der Waals surface area contributed by atoms with Gasteiger partial charge in [-0.3, -0.25) is 15.0 Å². The molecule has 1 saturated carbocycles. The lowest BCUT2D eigenvalue weighted by atomic mass is 9.96. The van der Waals surface area contributed by atoms with Gasteiger partial charge in [-0.05, 0) is 31.4 Å². The van der Waals surface area contributed by atoms with Crippen LogP contribution < -0.4 is 10.6 Å². The summed E-state index contributed by atoms with van der Waals surface area (Å²) in [7, 11) is 0. The summed E-state index contributed by atoms with van der Waals surface area (Å²) in [6.07, 6.45) is 7.29. The SMILES string of the molecule is I.O=[N+]([O-])c1ccc(CN=C(NCCCN2CCOCC2)NC2CCCCC2)cc1. The van der Waals surface area contributed by atoms with E-state index in [-0.39, 0.29) is 34.6 Å². The molecule has 2 aliphatic rings. The van der Waals surface area contributed by atoms with Crippen molar-refractivity contribution in [2.45, 2.75) is 51.1 Å². The number of hydrogen-bond donors (Lipinski definition) is 2. The van der Waals surface area contributed by atoms with Crippen LogP contribution in [0.4, 0.5) is 5.69 Å². The van der Waals surface area contributed by atoms with Crippen molar-refractivity contribution in [1.82, 2.24) is 15.5 Å². The first-order valence-corrected chi connectivity index (χ1v) is 10.8. The molecule has 0 radical (unpaired) electrons. The first-order chi connectivity index (χ1) is 14.2. The van der Waals surface area contributed by atoms with Crippen LogP contribution in [-0.4, -0.2) is 61.2 Å². The molecule has 9 heteroatoms. The van der Waals surface area contributed by atoms with Crippen LogP contribution >= 0.6 is 24.0 Å². The number of halogens is 1. The topological polar surface area (TPSA) is 92.0 Å². The standard InChI is InChI=1S/C21H33N5O3.HI/c27-26(28)20-9-7-18(8-10-20)17-23-21(24-19-5-2-1-3-6-19)22-11-4-12-25-13-15-29-16-14-25;/h7-10,19H,1-6,11-17H2,(H2,22,23,24);1H. The van der Waals surface area contributed by atoms with Crippen molar-refractivity contribution in [2.24, 2.45) is 4.99 Å². The van der Waals surface area contributed by atoms with E-state index in [1.165, 1.54) is 44.2 Å². The predicted octanol–water partition coefficient (Wildman–Crippen LogP) is 3.30. The first-order valence-electron chi connectivity index (χ1n) is 10.8. The van der Waals surface area contributed by atoms with Gasteiger partial charge in [0.15, 0.2) is 5.96 Å². The van der Waals surface area contributed by atoms with Gasteiger partial charge in [-0.15, -0.1) is 24.0 Å². The third kappa shape index (κ3) is 8.73. The molecule has 2 fully saturated rings. The smallest absolute Gasteiger partial charge is 0.269 e. The molecule has 0 amide bonds. The zero-order valence-electron chi connectivity index (χ0n) is 17.6. The highest BCUT2D eigenvalue weighted by Gasteiger charge is 2.15. The van der Waals surface area contributed by atoms with Gasteiger partial charge in [0, 0.05) is 37.8 Å². The zero-order chi connectivity index (χ0) is 20.3. The molecule has 1 aliphatic carbocycles. The van der Waals surface area contributed by atoms with Crippen molar-refractivity contribution in [1.29, 1.82) is 0 Å². The van der Waals surface area contributed by atoms with E-state index in [9.17, 15) is 10.1 Å². The number of guanidine groups is 1. The summed E-state index contributed by atoms with van der Waals surface area (Å²) < 4.78 is 5.40. The summed E-state index contributed by atoms with van der Waals surface area (Å²) in [4.78, 5) is 17.6. The lowest BCUT2D eigenvalue weighted by Crippen LogP contribution is -2.45. The normalized spacial score (nSPS) is 18.5. The van der Waals surface area contributed by atoms with Gasteiger partial charge in [-0.2, -0.15) is 0 Å². The van der Waals surface area contributed by atoms with Crippen LogP contribution in [0.25, 0.3) is 0 Å². The van der Waals surface area contributed by atoms with Crippen molar-refractivity contribution in [3.8, 4) is 0 Å². The number of nitro benzene ring substituents is 1. The summed E-state index contributed by atoms with van der Waals surface area (Å²) in [5, 5.41) is 17.9. The molecule has 0 atom stereocenters. The van der Waals surface area contributed by atoms with E-state index in [2.05, 4.69) is 15.5 Å². The number of aliphatic imine (C=N–C) groups is 1. The number of nitrogens with one attached hydrogen (secondary N) is 2. The average Bonchev–Trinajstić information content (AvgIpc) is 2.76. The average molecular weight is 531 g/mol. The van der Waals surface area contributed by atoms with Crippen LogP contribution in [0.5, 0.6) is 0 Å². The maximum absolute atomic E-state index is 10.8. The molecular weight excluding hydrogens is 497 g/mol. The second-order valence-corrected chi connectivity index (χ2v) is 7.80. The number of nitro groups is 1. The van der Waals surface area contributed by atoms with Gasteiger partial charge in [0.1, 0.15) is 0 Å². The Morgan fingerprint density at radius 2 is 1.87 bits per heavy atom. The zero-order valence-corrected chi connectivity index (χ0v) is 19.9. The number of nitrogens with zero attached hydrogens (tertiary/aromatic N) is 3. The van der Waals surface area contributed by atoms with E-state index >= 15 is 0 Å². The molecule has 30 heavy (non-hydrogen) atoms. The van der Waals surface area contributed by atoms with E-state index in [1.54, 1.807) is 12.1 Å². The monoisotopic (exact) mass is 531 g/mol. The van der Waals surface area contributed by atoms with Crippen LogP contribution in [0.3, 0.4) is 0 Å². The number of ether oxygens (including phenoxy) is 1. The highest BCUT2D eigenvalue weighted by Crippen LogP contribution is 2.17. The number of rotatable bonds is 8. The van der Waals surface area contributed by atoms with E-state index < -0.39 is 0 Å². The van der Waals surface area contributed by atoms with Gasteiger partial charge in [-0.1, -0.05) is 31.4 Å². The van der Waals surface area contributed by atoms with Gasteiger partial charge < -0.3 is 15.4 Å². The summed E-state index contributed by atoms with van der Waals surface area (Å²) in [5.41, 5.74) is 1.08. The third-order valence-electron chi connectivity index (χ3n) is 5.56. The molecule has 0 bridgehead atoms. The molecule has 1 aromatic carbocycles. The number of non-ortho nitro benzene ring substituents is 1. The van der Waals surface area contributed by atoms with E-state index in [0.29, 0.717) is 12.6 Å². The van der Waals surface area contributed by atoms with Gasteiger partial charge in [0.25, 0.3) is 5.69 Å². The minimum atomic E-state index is -0.376. The fraction of sp³-hybridized carbons (Fsp3) is 0.667. The molecule has 8 nitrogen and oxygen atoms in total. The molecular formula is C21H34IN5O3. The van der Waals surface area contributed by atoms with Gasteiger partial charge >= 0.3 is 0 Å². The summed E-state index contributed by atoms with van der Waals surface area (Å²) >= 11 is 0. The molecule has 1 aromatic rings. The number of benzene rings is 1. The minimum absolute atomic E-state index is 0. The molecule has 1 aliphatic heterocycles. The Bertz CT molecular complexity index is 659. The molecule has 168 valence electrons. The van der Waals surface area contributed by atoms with Crippen LogP contribution in [-0.2, 0) is 11.3 Å². The Hall–Kier alpha value is -1.46. The molecule has 1 saturated heterocycles. The van der Waals surface area contributed by atoms with Crippen molar-refractivity contribution < 1.29 is 9.66 Å². The summed E-state index contributed by atoms with van der Waals surface area (Å²) in [6, 6.07) is 7.10. The van der Waals surface area contributed by atoms with Crippen molar-refractivity contribution in [3.05, 3.63) is 39.9 Å². The molecule has 0 spiro atoms. The largest absolute Gasteiger partial charge is 0.379 e. The second-order valence-electron chi connectivity index (χ2n) is 7.80. The molecule has 3 rings (SSSR count). The van der Waals surface area contributed by atoms with E-state index in [0.717, 1.165) is 57.3 Å². The van der Waals surface area contributed by atoms with Gasteiger partial charge in [0.2, 0.25) is 0 Å². The van der Waals surface area contributed by atoms with Gasteiger partial charge in [-0.25, -0.2) is 4.99 Å². The predicted molar refractivity (Wildman–Crippen MR) is 130 cm³/mol. The Morgan fingerprint density at radius 1 is 1.17 bits per heavy atom. The van der Waals surface area contributed by atoms with Crippen molar-refractivity contribution in [3.63, 3.8) is 0 Å². The Morgan fingerprint density at radius 3 is 2.53 bits per heavy atom. The number of morpholine rings is 1. The highest BCUT2D eigenvalue weighted by atomic mass is 127. The first kappa shape index (κ1) is 24.8. The third-order valence-corrected chi connectivity index (χ3v) is 5.56. The lowest BCUT2D eigenvalue weighted by molar-refractivity contribution is -0.384. The molecule has 1 heterocycles. The van der Waals surface area contributed by atoms with Crippen molar-refractivity contribution >= 4 is 35.6 Å². The quantitative estimate of drug-likeness (QED) is 0.134. The minimum Gasteiger partial charge on any atom is -0.379 e. The highest BCUT2D eigenvalue weighted by molar-refractivity contribution is 14.0. The molecule has 2 N–H and O–H groups in total. The maximum atomic E-state index is 10.8. The summed E-state index contributed by atoms with van der Waals surface area (Å²) in [5.74, 6) is 0.845. The van der Waals surface area contributed by atoms with E-state index in [4.69, 9.17) is 9.73 Å². The fourth-order valence-corrected chi connectivity index (χ4v) is 3.82. The van der Waals surface area contributed by atoms with Crippen molar-refractivity contribution in [2.75, 3.05) is 39.4 Å². The van der Waals surface area contributed by atoms with Crippen LogP contribution in [0.2, 0.25) is 0 Å². The Labute approximate surface area is 196 Å². The lowest BCUT2D eigenvalue weighted by Gasteiger charge is -2.27. The Kier molecular flexibility index (Phi) is 11.4. The molecule has 0 unspecified atom stereocenters. The second kappa shape index (κ2) is 13.8. The molecule has 0 aromatic heterocycles. The van der Waals surface area contributed by atoms with Crippen LogP contribution in [0.1, 0.15) is 44.1 Å². The fourth-order valence-electron chi connectivity index (χ4n) is 3.82. The van der Waals surface area contributed by atoms with Crippen LogP contribution in [0, 0.1) is 10.1 Å². The Balaban J connectivity index is 0.00000320. The summed E-state index contributed by atoms with van der Waals surface area (Å²) in [6.45, 7) is 6.13.